The van der Waals surface area contributed by atoms with Gasteiger partial charge in [-0.2, -0.15) is 5.10 Å². The van der Waals surface area contributed by atoms with Gasteiger partial charge in [-0.1, -0.05) is 12.1 Å². The number of fused-ring (bicyclic) bond motifs is 2. The summed E-state index contributed by atoms with van der Waals surface area (Å²) >= 11 is 0. The van der Waals surface area contributed by atoms with Crippen LogP contribution in [0.4, 0.5) is 0 Å². The first-order chi connectivity index (χ1) is 10.7. The molecule has 0 spiro atoms. The monoisotopic (exact) mass is 299 g/mol. The molecule has 1 atom stereocenters. The van der Waals surface area contributed by atoms with Crippen LogP contribution in [0.2, 0.25) is 0 Å². The lowest BCUT2D eigenvalue weighted by atomic mass is 9.85. The Labute approximate surface area is 128 Å². The molecule has 6 nitrogen and oxygen atoms in total. The molecule has 6 heteroatoms. The second-order valence-corrected chi connectivity index (χ2v) is 5.92. The molecule has 2 aromatic rings. The highest BCUT2D eigenvalue weighted by Gasteiger charge is 2.29. The Morgan fingerprint density at radius 1 is 1.27 bits per heavy atom. The molecule has 0 saturated carbocycles. The number of ether oxygens (including phenoxy) is 2. The van der Waals surface area contributed by atoms with Gasteiger partial charge in [0, 0.05) is 23.9 Å². The number of benzene rings is 1. The zero-order valence-electron chi connectivity index (χ0n) is 12.5. The van der Waals surface area contributed by atoms with Crippen LogP contribution in [0.5, 0.6) is 11.5 Å². The van der Waals surface area contributed by atoms with Crippen molar-refractivity contribution >= 4 is 5.71 Å². The Bertz CT molecular complexity index is 779. The van der Waals surface area contributed by atoms with Crippen molar-refractivity contribution in [1.29, 1.82) is 0 Å². The molecule has 1 unspecified atom stereocenters. The predicted octanol–water partition coefficient (Wildman–Crippen LogP) is 2.58. The molecular formula is C16H17N3O3. The number of rotatable bonds is 1. The van der Waals surface area contributed by atoms with Crippen molar-refractivity contribution in [3.63, 3.8) is 0 Å². The number of aromatic nitrogens is 2. The van der Waals surface area contributed by atoms with Crippen LogP contribution in [0, 0.1) is 5.92 Å². The first-order valence-electron chi connectivity index (χ1n) is 7.34. The number of aryl methyl sites for hydroxylation is 1. The summed E-state index contributed by atoms with van der Waals surface area (Å²) in [5.74, 6) is 1.92. The Morgan fingerprint density at radius 2 is 2.09 bits per heavy atom. The maximum atomic E-state index is 9.40. The van der Waals surface area contributed by atoms with Crippen molar-refractivity contribution in [3.05, 3.63) is 29.5 Å². The summed E-state index contributed by atoms with van der Waals surface area (Å²) in [7, 11) is 1.93. The molecule has 22 heavy (non-hydrogen) atoms. The molecule has 0 bridgehead atoms. The standard InChI is InChI=1S/C16H17N3O3/c1-9-5-11(18-20)15-12(6-9)19(2)17-16(15)10-3-4-13-14(7-10)22-8-21-13/h3-4,7,9,20H,5-6,8H2,1-2H3/b18-11+. The quantitative estimate of drug-likeness (QED) is 0.649. The third kappa shape index (κ3) is 1.87. The van der Waals surface area contributed by atoms with Gasteiger partial charge >= 0.3 is 0 Å². The first-order valence-corrected chi connectivity index (χ1v) is 7.34. The summed E-state index contributed by atoms with van der Waals surface area (Å²) in [4.78, 5) is 0. The van der Waals surface area contributed by atoms with Crippen molar-refractivity contribution in [2.75, 3.05) is 6.79 Å². The van der Waals surface area contributed by atoms with Crippen LogP contribution < -0.4 is 9.47 Å². The van der Waals surface area contributed by atoms with Crippen LogP contribution in [0.3, 0.4) is 0 Å². The third-order valence-electron chi connectivity index (χ3n) is 4.30. The molecule has 0 amide bonds. The minimum Gasteiger partial charge on any atom is -0.454 e. The Balaban J connectivity index is 1.89. The van der Waals surface area contributed by atoms with E-state index in [1.165, 1.54) is 0 Å². The molecule has 1 N–H and O–H groups in total. The molecule has 1 aromatic heterocycles. The topological polar surface area (TPSA) is 68.9 Å². The van der Waals surface area contributed by atoms with Gasteiger partial charge in [0.2, 0.25) is 6.79 Å². The van der Waals surface area contributed by atoms with Gasteiger partial charge in [0.15, 0.2) is 11.5 Å². The van der Waals surface area contributed by atoms with Gasteiger partial charge in [-0.25, -0.2) is 0 Å². The van der Waals surface area contributed by atoms with Crippen LogP contribution >= 0.6 is 0 Å². The highest BCUT2D eigenvalue weighted by Crippen LogP contribution is 2.38. The van der Waals surface area contributed by atoms with Crippen molar-refractivity contribution in [2.24, 2.45) is 18.1 Å². The van der Waals surface area contributed by atoms with E-state index in [0.717, 1.165) is 46.9 Å². The summed E-state index contributed by atoms with van der Waals surface area (Å²) in [6.45, 7) is 2.40. The van der Waals surface area contributed by atoms with E-state index < -0.39 is 0 Å². The lowest BCUT2D eigenvalue weighted by Gasteiger charge is -2.20. The zero-order chi connectivity index (χ0) is 15.3. The minimum atomic E-state index is 0.250. The van der Waals surface area contributed by atoms with Crippen molar-refractivity contribution < 1.29 is 14.7 Å². The van der Waals surface area contributed by atoms with Crippen LogP contribution in [0.1, 0.15) is 24.6 Å². The number of hydrogen-bond donors (Lipinski definition) is 1. The van der Waals surface area contributed by atoms with Gasteiger partial charge in [0.25, 0.3) is 0 Å². The normalized spacial score (nSPS) is 21.2. The summed E-state index contributed by atoms with van der Waals surface area (Å²) in [5.41, 5.74) is 4.53. The molecule has 1 aromatic carbocycles. The third-order valence-corrected chi connectivity index (χ3v) is 4.30. The molecule has 0 saturated heterocycles. The molecule has 2 heterocycles. The van der Waals surface area contributed by atoms with Crippen LogP contribution in [0.25, 0.3) is 11.3 Å². The van der Waals surface area contributed by atoms with Crippen molar-refractivity contribution in [3.8, 4) is 22.8 Å². The fourth-order valence-corrected chi connectivity index (χ4v) is 3.27. The molecule has 4 rings (SSSR count). The summed E-state index contributed by atoms with van der Waals surface area (Å²) in [6, 6.07) is 5.78. The smallest absolute Gasteiger partial charge is 0.231 e. The minimum absolute atomic E-state index is 0.250. The number of hydrogen-bond acceptors (Lipinski definition) is 5. The lowest BCUT2D eigenvalue weighted by molar-refractivity contribution is 0.174. The van der Waals surface area contributed by atoms with E-state index in [-0.39, 0.29) is 6.79 Å². The predicted molar refractivity (Wildman–Crippen MR) is 80.6 cm³/mol. The van der Waals surface area contributed by atoms with E-state index in [1.807, 2.05) is 29.9 Å². The second kappa shape index (κ2) is 4.76. The van der Waals surface area contributed by atoms with E-state index in [0.29, 0.717) is 11.6 Å². The largest absolute Gasteiger partial charge is 0.454 e. The molecule has 1 aliphatic carbocycles. The van der Waals surface area contributed by atoms with E-state index in [4.69, 9.17) is 9.47 Å². The molecule has 0 radical (unpaired) electrons. The SMILES string of the molecule is CC1C/C(=N\O)c2c(-c3ccc4c(c3)OCO4)nn(C)c2C1. The molecule has 1 aliphatic heterocycles. The highest BCUT2D eigenvalue weighted by molar-refractivity contribution is 6.07. The summed E-state index contributed by atoms with van der Waals surface area (Å²) < 4.78 is 12.7. The highest BCUT2D eigenvalue weighted by atomic mass is 16.7. The Morgan fingerprint density at radius 3 is 2.91 bits per heavy atom. The van der Waals surface area contributed by atoms with Crippen LogP contribution in [0.15, 0.2) is 23.4 Å². The molecule has 114 valence electrons. The van der Waals surface area contributed by atoms with Gasteiger partial charge in [0.05, 0.1) is 5.71 Å². The van der Waals surface area contributed by atoms with Gasteiger partial charge in [-0.15, -0.1) is 0 Å². The molecule has 0 fully saturated rings. The van der Waals surface area contributed by atoms with Gasteiger partial charge in [-0.3, -0.25) is 4.68 Å². The molecular weight excluding hydrogens is 282 g/mol. The fraction of sp³-hybridized carbons (Fsp3) is 0.375. The first kappa shape index (κ1) is 13.2. The van der Waals surface area contributed by atoms with E-state index >= 15 is 0 Å². The van der Waals surface area contributed by atoms with Gasteiger partial charge in [-0.05, 0) is 37.0 Å². The van der Waals surface area contributed by atoms with Crippen molar-refractivity contribution in [2.45, 2.75) is 19.8 Å². The maximum Gasteiger partial charge on any atom is 0.231 e. The van der Waals surface area contributed by atoms with Gasteiger partial charge in [0.1, 0.15) is 5.69 Å². The summed E-state index contributed by atoms with van der Waals surface area (Å²) in [5, 5.41) is 17.6. The van der Waals surface area contributed by atoms with Crippen LogP contribution in [-0.4, -0.2) is 27.5 Å². The second-order valence-electron chi connectivity index (χ2n) is 5.92. The number of oxime groups is 1. The van der Waals surface area contributed by atoms with Gasteiger partial charge < -0.3 is 14.7 Å². The van der Waals surface area contributed by atoms with E-state index in [1.54, 1.807) is 0 Å². The average Bonchev–Trinajstić information content (AvgIpc) is 3.10. The van der Waals surface area contributed by atoms with E-state index in [9.17, 15) is 5.21 Å². The zero-order valence-corrected chi connectivity index (χ0v) is 12.5. The van der Waals surface area contributed by atoms with E-state index in [2.05, 4.69) is 17.2 Å². The number of nitrogens with zero attached hydrogens (tertiary/aromatic N) is 3. The van der Waals surface area contributed by atoms with Crippen molar-refractivity contribution in [1.82, 2.24) is 9.78 Å². The van der Waals surface area contributed by atoms with Crippen LogP contribution in [-0.2, 0) is 13.5 Å². The maximum absolute atomic E-state index is 9.40. The Kier molecular flexibility index (Phi) is 2.85. The lowest BCUT2D eigenvalue weighted by Crippen LogP contribution is -2.20. The fourth-order valence-electron chi connectivity index (χ4n) is 3.27. The molecule has 2 aliphatic rings. The summed E-state index contributed by atoms with van der Waals surface area (Å²) in [6.07, 6.45) is 1.69. The average molecular weight is 299 g/mol. The Hall–Kier alpha value is -2.50.